The minimum Gasteiger partial charge on any atom is -0.480 e. The van der Waals surface area contributed by atoms with Crippen molar-refractivity contribution in [2.45, 2.75) is 13.0 Å². The quantitative estimate of drug-likeness (QED) is 0.802. The van der Waals surface area contributed by atoms with Crippen molar-refractivity contribution >= 4 is 5.97 Å². The Bertz CT molecular complexity index is 512. The van der Waals surface area contributed by atoms with Gasteiger partial charge in [-0.25, -0.2) is 4.79 Å². The lowest BCUT2D eigenvalue weighted by atomic mass is 10.2. The lowest BCUT2D eigenvalue weighted by molar-refractivity contribution is -0.142. The highest BCUT2D eigenvalue weighted by atomic mass is 16.5. The van der Waals surface area contributed by atoms with Gasteiger partial charge in [0.1, 0.15) is 13.2 Å². The molecule has 0 amide bonds. The second-order valence-electron chi connectivity index (χ2n) is 3.53. The van der Waals surface area contributed by atoms with E-state index in [0.717, 1.165) is 5.56 Å². The van der Waals surface area contributed by atoms with Gasteiger partial charge < -0.3 is 14.4 Å². The van der Waals surface area contributed by atoms with Crippen LogP contribution in [0.2, 0.25) is 0 Å². The van der Waals surface area contributed by atoms with Crippen LogP contribution in [0.5, 0.6) is 0 Å². The van der Waals surface area contributed by atoms with E-state index in [1.807, 2.05) is 12.1 Å². The van der Waals surface area contributed by atoms with Crippen molar-refractivity contribution in [1.82, 2.24) is 15.1 Å². The molecule has 0 aromatic carbocycles. The van der Waals surface area contributed by atoms with Crippen molar-refractivity contribution in [3.63, 3.8) is 0 Å². The van der Waals surface area contributed by atoms with Crippen LogP contribution in [0.3, 0.4) is 0 Å². The summed E-state index contributed by atoms with van der Waals surface area (Å²) in [6.45, 7) is -0.396. The monoisotopic (exact) mass is 249 g/mol. The van der Waals surface area contributed by atoms with Gasteiger partial charge in [-0.2, -0.15) is 4.98 Å². The Morgan fingerprint density at radius 1 is 1.50 bits per heavy atom. The third-order valence-electron chi connectivity index (χ3n) is 2.05. The normalized spacial score (nSPS) is 10.4. The first-order chi connectivity index (χ1) is 8.74. The molecule has 0 fully saturated rings. The average molecular weight is 249 g/mol. The molecule has 7 heteroatoms. The SMILES string of the molecule is O=C(O)COCc1nc(Cc2cccnc2)no1. The highest BCUT2D eigenvalue weighted by molar-refractivity contribution is 5.67. The highest BCUT2D eigenvalue weighted by Gasteiger charge is 2.08. The van der Waals surface area contributed by atoms with Gasteiger partial charge in [0.25, 0.3) is 5.89 Å². The molecule has 94 valence electrons. The zero-order valence-electron chi connectivity index (χ0n) is 9.44. The molecule has 1 N–H and O–H groups in total. The number of aliphatic carboxylic acids is 1. The van der Waals surface area contributed by atoms with E-state index in [1.165, 1.54) is 0 Å². The molecule has 0 radical (unpaired) electrons. The zero-order chi connectivity index (χ0) is 12.8. The zero-order valence-corrected chi connectivity index (χ0v) is 9.44. The summed E-state index contributed by atoms with van der Waals surface area (Å²) in [6, 6.07) is 3.73. The molecule has 2 heterocycles. The average Bonchev–Trinajstić information content (AvgIpc) is 2.78. The van der Waals surface area contributed by atoms with Crippen LogP contribution >= 0.6 is 0 Å². The molecule has 0 saturated carbocycles. The molecule has 0 aliphatic heterocycles. The summed E-state index contributed by atoms with van der Waals surface area (Å²) in [6.07, 6.45) is 3.91. The largest absolute Gasteiger partial charge is 0.480 e. The molecule has 0 unspecified atom stereocenters. The fourth-order valence-electron chi connectivity index (χ4n) is 1.33. The van der Waals surface area contributed by atoms with Gasteiger partial charge in [-0.1, -0.05) is 11.2 Å². The Kier molecular flexibility index (Phi) is 3.98. The van der Waals surface area contributed by atoms with Crippen LogP contribution in [0.4, 0.5) is 0 Å². The number of ether oxygens (including phenoxy) is 1. The highest BCUT2D eigenvalue weighted by Crippen LogP contribution is 2.06. The molecule has 18 heavy (non-hydrogen) atoms. The third kappa shape index (κ3) is 3.63. The van der Waals surface area contributed by atoms with E-state index in [0.29, 0.717) is 12.2 Å². The fourth-order valence-corrected chi connectivity index (χ4v) is 1.33. The number of carboxylic acids is 1. The number of rotatable bonds is 6. The summed E-state index contributed by atoms with van der Waals surface area (Å²) in [5.41, 5.74) is 0.969. The van der Waals surface area contributed by atoms with Gasteiger partial charge in [-0.15, -0.1) is 0 Å². The number of pyridine rings is 1. The van der Waals surface area contributed by atoms with Gasteiger partial charge >= 0.3 is 5.97 Å². The van der Waals surface area contributed by atoms with E-state index in [-0.39, 0.29) is 19.1 Å². The van der Waals surface area contributed by atoms with Gasteiger partial charge in [-0.3, -0.25) is 4.98 Å². The molecule has 2 aromatic heterocycles. The maximum absolute atomic E-state index is 10.2. The molecule has 0 aliphatic carbocycles. The molecule has 2 aromatic rings. The predicted molar refractivity (Wildman–Crippen MR) is 58.6 cm³/mol. The maximum Gasteiger partial charge on any atom is 0.329 e. The molecule has 0 bridgehead atoms. The smallest absolute Gasteiger partial charge is 0.329 e. The van der Waals surface area contributed by atoms with Gasteiger partial charge in [0.15, 0.2) is 5.82 Å². The Balaban J connectivity index is 1.88. The van der Waals surface area contributed by atoms with E-state index in [1.54, 1.807) is 12.4 Å². The number of hydrogen-bond donors (Lipinski definition) is 1. The molecule has 0 spiro atoms. The van der Waals surface area contributed by atoms with Crippen LogP contribution in [0.1, 0.15) is 17.3 Å². The first-order valence-electron chi connectivity index (χ1n) is 5.24. The van der Waals surface area contributed by atoms with Gasteiger partial charge in [0, 0.05) is 18.8 Å². The van der Waals surface area contributed by atoms with Gasteiger partial charge in [0.05, 0.1) is 0 Å². The fraction of sp³-hybridized carbons (Fsp3) is 0.273. The second-order valence-corrected chi connectivity index (χ2v) is 3.53. The predicted octanol–water partition coefficient (Wildman–Crippen LogP) is 0.657. The lowest BCUT2D eigenvalue weighted by Gasteiger charge is -1.94. The minimum atomic E-state index is -1.04. The van der Waals surface area contributed by atoms with Crippen LogP contribution in [-0.2, 0) is 22.6 Å². The van der Waals surface area contributed by atoms with E-state index < -0.39 is 5.97 Å². The van der Waals surface area contributed by atoms with Crippen LogP contribution < -0.4 is 0 Å². The standard InChI is InChI=1S/C11H11N3O4/c15-11(16)7-17-6-10-13-9(14-18-10)4-8-2-1-3-12-5-8/h1-3,5H,4,6-7H2,(H,15,16). The van der Waals surface area contributed by atoms with E-state index in [2.05, 4.69) is 15.1 Å². The summed E-state index contributed by atoms with van der Waals surface area (Å²) in [7, 11) is 0. The summed E-state index contributed by atoms with van der Waals surface area (Å²) in [5.74, 6) is -0.267. The van der Waals surface area contributed by atoms with Crippen LogP contribution in [0.25, 0.3) is 0 Å². The van der Waals surface area contributed by atoms with Crippen molar-refractivity contribution in [3.8, 4) is 0 Å². The number of aromatic nitrogens is 3. The molecular formula is C11H11N3O4. The Morgan fingerprint density at radius 3 is 3.11 bits per heavy atom. The molecule has 0 saturated heterocycles. The first-order valence-corrected chi connectivity index (χ1v) is 5.24. The van der Waals surface area contributed by atoms with E-state index in [9.17, 15) is 4.79 Å². The second kappa shape index (κ2) is 5.87. The van der Waals surface area contributed by atoms with E-state index in [4.69, 9.17) is 14.4 Å². The van der Waals surface area contributed by atoms with Crippen LogP contribution in [-0.4, -0.2) is 32.8 Å². The maximum atomic E-state index is 10.2. The topological polar surface area (TPSA) is 98.3 Å². The van der Waals surface area contributed by atoms with Crippen molar-refractivity contribution in [2.75, 3.05) is 6.61 Å². The van der Waals surface area contributed by atoms with E-state index >= 15 is 0 Å². The molecule has 7 nitrogen and oxygen atoms in total. The Hall–Kier alpha value is -2.28. The Morgan fingerprint density at radius 2 is 2.39 bits per heavy atom. The molecule has 0 aliphatic rings. The Labute approximate surface area is 102 Å². The van der Waals surface area contributed by atoms with Crippen LogP contribution in [0.15, 0.2) is 29.0 Å². The summed E-state index contributed by atoms with van der Waals surface area (Å²) < 4.78 is 9.76. The summed E-state index contributed by atoms with van der Waals surface area (Å²) in [4.78, 5) is 18.3. The van der Waals surface area contributed by atoms with Crippen molar-refractivity contribution < 1.29 is 19.2 Å². The number of nitrogens with zero attached hydrogens (tertiary/aromatic N) is 3. The number of hydrogen-bond acceptors (Lipinski definition) is 6. The minimum absolute atomic E-state index is 0.00760. The van der Waals surface area contributed by atoms with Crippen molar-refractivity contribution in [2.24, 2.45) is 0 Å². The van der Waals surface area contributed by atoms with Gasteiger partial charge in [-0.05, 0) is 11.6 Å². The van der Waals surface area contributed by atoms with Crippen molar-refractivity contribution in [3.05, 3.63) is 41.8 Å². The summed E-state index contributed by atoms with van der Waals surface area (Å²) >= 11 is 0. The molecule has 0 atom stereocenters. The van der Waals surface area contributed by atoms with Gasteiger partial charge in [0.2, 0.25) is 0 Å². The first kappa shape index (κ1) is 12.2. The molecular weight excluding hydrogens is 238 g/mol. The molecule has 2 rings (SSSR count). The number of carboxylic acid groups (broad SMARTS) is 1. The number of carbonyl (C=O) groups is 1. The third-order valence-corrected chi connectivity index (χ3v) is 2.05. The van der Waals surface area contributed by atoms with Crippen molar-refractivity contribution in [1.29, 1.82) is 0 Å². The lowest BCUT2D eigenvalue weighted by Crippen LogP contribution is -2.06. The van der Waals surface area contributed by atoms with Crippen LogP contribution in [0, 0.1) is 0 Å². The summed E-state index contributed by atoms with van der Waals surface area (Å²) in [5, 5.41) is 12.2.